The highest BCUT2D eigenvalue weighted by Crippen LogP contribution is 2.39. The Morgan fingerprint density at radius 3 is 2.79 bits per heavy atom. The highest BCUT2D eigenvalue weighted by atomic mass is 35.5. The first kappa shape index (κ1) is 12.1. The molecule has 7 heteroatoms. The fourth-order valence-corrected chi connectivity index (χ4v) is 2.52. The quantitative estimate of drug-likeness (QED) is 0.643. The predicted molar refractivity (Wildman–Crippen MR) is 75.4 cm³/mol. The summed E-state index contributed by atoms with van der Waals surface area (Å²) in [5, 5.41) is 11.6. The van der Waals surface area contributed by atoms with Gasteiger partial charge in [0.25, 0.3) is 0 Å². The maximum Gasteiger partial charge on any atom is 0.220 e. The molecule has 0 atom stereocenters. The Morgan fingerprint density at radius 1 is 1.26 bits per heavy atom. The lowest BCUT2D eigenvalue weighted by Gasteiger charge is -2.01. The van der Waals surface area contributed by atoms with Crippen LogP contribution in [0.3, 0.4) is 0 Å². The van der Waals surface area contributed by atoms with Gasteiger partial charge in [-0.2, -0.15) is 0 Å². The number of benzene rings is 1. The van der Waals surface area contributed by atoms with Crippen molar-refractivity contribution in [2.24, 2.45) is 0 Å². The highest BCUT2D eigenvalue weighted by molar-refractivity contribution is 6.39. The van der Waals surface area contributed by atoms with E-state index in [0.717, 1.165) is 0 Å². The van der Waals surface area contributed by atoms with Gasteiger partial charge in [-0.25, -0.2) is 9.97 Å². The summed E-state index contributed by atoms with van der Waals surface area (Å²) in [6.07, 6.45) is 1.52. The largest absolute Gasteiger partial charge is 0.494 e. The van der Waals surface area contributed by atoms with Crippen molar-refractivity contribution in [2.45, 2.75) is 0 Å². The van der Waals surface area contributed by atoms with Crippen LogP contribution < -0.4 is 5.73 Å². The Balaban J connectivity index is 2.38. The van der Waals surface area contributed by atoms with E-state index in [-0.39, 0.29) is 11.8 Å². The molecule has 3 aromatic rings. The smallest absolute Gasteiger partial charge is 0.220 e. The number of nitrogen functional groups attached to an aromatic ring is 1. The Labute approximate surface area is 118 Å². The molecule has 0 aliphatic heterocycles. The van der Waals surface area contributed by atoms with Gasteiger partial charge in [-0.05, 0) is 18.2 Å². The minimum atomic E-state index is -0.0442. The first-order chi connectivity index (χ1) is 9.06. The Hall–Kier alpha value is -1.98. The summed E-state index contributed by atoms with van der Waals surface area (Å²) in [5.41, 5.74) is 7.13. The van der Waals surface area contributed by atoms with Crippen molar-refractivity contribution in [1.82, 2.24) is 15.0 Å². The number of nitrogens with one attached hydrogen (secondary N) is 1. The normalized spacial score (nSPS) is 11.1. The number of fused-ring (bicyclic) bond motifs is 1. The minimum Gasteiger partial charge on any atom is -0.494 e. The molecule has 0 aliphatic rings. The van der Waals surface area contributed by atoms with Gasteiger partial charge in [0, 0.05) is 16.6 Å². The van der Waals surface area contributed by atoms with Crippen LogP contribution in [0.25, 0.3) is 22.2 Å². The molecule has 0 bridgehead atoms. The Kier molecular flexibility index (Phi) is 2.73. The van der Waals surface area contributed by atoms with Gasteiger partial charge < -0.3 is 15.8 Å². The van der Waals surface area contributed by atoms with Crippen molar-refractivity contribution in [3.05, 3.63) is 34.4 Å². The maximum atomic E-state index is 10.0. The fourth-order valence-electron chi connectivity index (χ4n) is 1.98. The number of rotatable bonds is 1. The molecular weight excluding hydrogens is 287 g/mol. The van der Waals surface area contributed by atoms with Crippen LogP contribution >= 0.6 is 23.2 Å². The van der Waals surface area contributed by atoms with E-state index in [1.165, 1.54) is 6.20 Å². The van der Waals surface area contributed by atoms with Gasteiger partial charge >= 0.3 is 0 Å². The number of nitrogens with two attached hydrogens (primary N) is 1. The second-order valence-electron chi connectivity index (χ2n) is 3.96. The summed E-state index contributed by atoms with van der Waals surface area (Å²) in [6, 6.07) is 4.94. The van der Waals surface area contributed by atoms with Gasteiger partial charge in [-0.15, -0.1) is 0 Å². The van der Waals surface area contributed by atoms with Crippen LogP contribution in [0.15, 0.2) is 24.4 Å². The zero-order valence-corrected chi connectivity index (χ0v) is 11.0. The van der Waals surface area contributed by atoms with Crippen molar-refractivity contribution in [3.63, 3.8) is 0 Å². The summed E-state index contributed by atoms with van der Waals surface area (Å²) in [4.78, 5) is 10.7. The van der Waals surface area contributed by atoms with Crippen LogP contribution in [0.4, 0.5) is 5.95 Å². The van der Waals surface area contributed by atoms with Crippen molar-refractivity contribution < 1.29 is 5.11 Å². The van der Waals surface area contributed by atoms with Gasteiger partial charge in [0.1, 0.15) is 0 Å². The molecule has 5 nitrogen and oxygen atoms in total. The number of hydrogen-bond donors (Lipinski definition) is 3. The molecule has 1 aromatic carbocycles. The van der Waals surface area contributed by atoms with Crippen LogP contribution in [0.5, 0.6) is 5.88 Å². The minimum absolute atomic E-state index is 0.0442. The lowest BCUT2D eigenvalue weighted by atomic mass is 10.1. The van der Waals surface area contributed by atoms with E-state index in [0.29, 0.717) is 32.2 Å². The van der Waals surface area contributed by atoms with Gasteiger partial charge in [0.2, 0.25) is 5.95 Å². The topological polar surface area (TPSA) is 87.8 Å². The molecule has 0 aliphatic carbocycles. The van der Waals surface area contributed by atoms with Crippen molar-refractivity contribution in [3.8, 4) is 17.1 Å². The molecule has 0 spiro atoms. The second kappa shape index (κ2) is 4.29. The molecule has 0 radical (unpaired) electrons. The Morgan fingerprint density at radius 2 is 2.05 bits per heavy atom. The zero-order valence-electron chi connectivity index (χ0n) is 9.48. The first-order valence-corrected chi connectivity index (χ1v) is 6.10. The molecule has 0 unspecified atom stereocenters. The van der Waals surface area contributed by atoms with Crippen LogP contribution in [-0.2, 0) is 0 Å². The summed E-state index contributed by atoms with van der Waals surface area (Å²) < 4.78 is 0. The van der Waals surface area contributed by atoms with Crippen molar-refractivity contribution >= 4 is 40.1 Å². The number of aromatic amines is 1. The molecule has 0 saturated carbocycles. The average molecular weight is 295 g/mol. The summed E-state index contributed by atoms with van der Waals surface area (Å²) in [6.45, 7) is 0. The predicted octanol–water partition coefficient (Wildman–Crippen LogP) is 3.22. The number of anilines is 1. The number of nitrogens with zero attached hydrogens (tertiary/aromatic N) is 2. The molecule has 19 heavy (non-hydrogen) atoms. The fraction of sp³-hybridized carbons (Fsp3) is 0. The lowest BCUT2D eigenvalue weighted by Crippen LogP contribution is -1.94. The summed E-state index contributed by atoms with van der Waals surface area (Å²) in [5.74, 6) is 0.0802. The average Bonchev–Trinajstić information content (AvgIpc) is 2.66. The molecular formula is C12H8Cl2N4O. The molecule has 4 N–H and O–H groups in total. The molecule has 0 fully saturated rings. The van der Waals surface area contributed by atoms with E-state index in [2.05, 4.69) is 15.0 Å². The van der Waals surface area contributed by atoms with Crippen molar-refractivity contribution in [1.29, 1.82) is 0 Å². The first-order valence-electron chi connectivity index (χ1n) is 5.35. The van der Waals surface area contributed by atoms with Gasteiger partial charge in [0.05, 0.1) is 21.8 Å². The Bertz CT molecular complexity index is 785. The molecule has 2 heterocycles. The monoisotopic (exact) mass is 294 g/mol. The van der Waals surface area contributed by atoms with E-state index in [1.807, 2.05) is 0 Å². The van der Waals surface area contributed by atoms with Crippen LogP contribution in [0.1, 0.15) is 0 Å². The van der Waals surface area contributed by atoms with E-state index in [1.54, 1.807) is 18.2 Å². The molecule has 2 aromatic heterocycles. The van der Waals surface area contributed by atoms with Crippen LogP contribution in [0, 0.1) is 0 Å². The number of hydrogen-bond acceptors (Lipinski definition) is 4. The van der Waals surface area contributed by atoms with Gasteiger partial charge in [-0.1, -0.05) is 23.2 Å². The van der Waals surface area contributed by atoms with E-state index in [9.17, 15) is 5.11 Å². The summed E-state index contributed by atoms with van der Waals surface area (Å²) in [7, 11) is 0. The number of aromatic nitrogens is 3. The zero-order chi connectivity index (χ0) is 13.6. The number of halogens is 2. The van der Waals surface area contributed by atoms with E-state index >= 15 is 0 Å². The molecule has 3 rings (SSSR count). The second-order valence-corrected chi connectivity index (χ2v) is 4.80. The van der Waals surface area contributed by atoms with Crippen molar-refractivity contribution in [2.75, 3.05) is 5.73 Å². The molecule has 96 valence electrons. The van der Waals surface area contributed by atoms with Crippen LogP contribution in [0.2, 0.25) is 10.0 Å². The lowest BCUT2D eigenvalue weighted by molar-refractivity contribution is 0.460. The van der Waals surface area contributed by atoms with Gasteiger partial charge in [0.15, 0.2) is 5.88 Å². The molecule has 0 saturated heterocycles. The highest BCUT2D eigenvalue weighted by Gasteiger charge is 2.17. The third-order valence-corrected chi connectivity index (χ3v) is 3.25. The van der Waals surface area contributed by atoms with E-state index in [4.69, 9.17) is 28.9 Å². The number of aromatic hydroxyl groups is 1. The van der Waals surface area contributed by atoms with E-state index < -0.39 is 0 Å². The van der Waals surface area contributed by atoms with Crippen LogP contribution in [-0.4, -0.2) is 20.1 Å². The maximum absolute atomic E-state index is 10.0. The number of H-pyrrole nitrogens is 1. The molecule has 0 amide bonds. The standard InChI is InChI=1S/C12H8Cl2N4O/c13-5-3-6-9(8-1-2-16-12(15)17-8)11(19)18-10(6)7(14)4-5/h1-4,18-19H,(H2,15,16,17). The third-order valence-electron chi connectivity index (χ3n) is 2.73. The SMILES string of the molecule is Nc1nccc(-c2c(O)[nH]c3c(Cl)cc(Cl)cc23)n1. The summed E-state index contributed by atoms with van der Waals surface area (Å²) >= 11 is 12.1. The third kappa shape index (κ3) is 1.97. The van der Waals surface area contributed by atoms with Gasteiger partial charge in [-0.3, -0.25) is 0 Å².